The molecule has 0 aliphatic heterocycles. The first kappa shape index (κ1) is 11.5. The van der Waals surface area contributed by atoms with E-state index in [9.17, 15) is 8.42 Å². The molecule has 0 aromatic heterocycles. The molecule has 1 N–H and O–H groups in total. The van der Waals surface area contributed by atoms with Crippen LogP contribution in [0.2, 0.25) is 0 Å². The molecule has 0 rings (SSSR count). The minimum Gasteiger partial charge on any atom is -0.386 e. The van der Waals surface area contributed by atoms with Crippen molar-refractivity contribution in [2.75, 3.05) is 5.75 Å². The molecule has 0 unspecified atom stereocenters. The van der Waals surface area contributed by atoms with Gasteiger partial charge in [0.1, 0.15) is 0 Å². The molecule has 0 amide bonds. The van der Waals surface area contributed by atoms with E-state index >= 15 is 0 Å². The van der Waals surface area contributed by atoms with E-state index in [0.717, 1.165) is 0 Å². The van der Waals surface area contributed by atoms with Gasteiger partial charge in [0.25, 0.3) is 0 Å². The SMILES string of the molecule is CCS(=O)(=O)/C=C/NC(C)(C)C. The van der Waals surface area contributed by atoms with Crippen LogP contribution >= 0.6 is 0 Å². The maximum Gasteiger partial charge on any atom is 0.172 e. The molecule has 0 atom stereocenters. The summed E-state index contributed by atoms with van der Waals surface area (Å²) in [4.78, 5) is 0. The maximum atomic E-state index is 11.0. The fourth-order valence-electron chi connectivity index (χ4n) is 0.484. The van der Waals surface area contributed by atoms with Gasteiger partial charge in [-0.3, -0.25) is 0 Å². The number of rotatable bonds is 3. The summed E-state index contributed by atoms with van der Waals surface area (Å²) in [5.74, 6) is 0.148. The average Bonchev–Trinajstić information content (AvgIpc) is 1.84. The number of hydrogen-bond acceptors (Lipinski definition) is 3. The summed E-state index contributed by atoms with van der Waals surface area (Å²) in [5.41, 5.74) is -0.0836. The second-order valence-electron chi connectivity index (χ2n) is 3.65. The Hall–Kier alpha value is -0.510. The lowest BCUT2D eigenvalue weighted by molar-refractivity contribution is 0.491. The van der Waals surface area contributed by atoms with Crippen molar-refractivity contribution >= 4 is 9.84 Å². The lowest BCUT2D eigenvalue weighted by atomic mass is 10.1. The molecule has 3 nitrogen and oxygen atoms in total. The molecule has 0 spiro atoms. The average molecular weight is 191 g/mol. The van der Waals surface area contributed by atoms with Crippen molar-refractivity contribution in [3.8, 4) is 0 Å². The van der Waals surface area contributed by atoms with Crippen LogP contribution in [0.15, 0.2) is 11.6 Å². The first-order valence-electron chi connectivity index (χ1n) is 3.94. The Labute approximate surface area is 74.8 Å². The van der Waals surface area contributed by atoms with Gasteiger partial charge in [0, 0.05) is 17.1 Å². The van der Waals surface area contributed by atoms with E-state index in [0.29, 0.717) is 0 Å². The van der Waals surface area contributed by atoms with Crippen LogP contribution in [-0.4, -0.2) is 19.7 Å². The molecule has 72 valence electrons. The Morgan fingerprint density at radius 1 is 1.33 bits per heavy atom. The first-order chi connectivity index (χ1) is 5.27. The molecule has 0 saturated heterocycles. The van der Waals surface area contributed by atoms with Gasteiger partial charge in [0.15, 0.2) is 9.84 Å². The summed E-state index contributed by atoms with van der Waals surface area (Å²) < 4.78 is 21.9. The third-order valence-electron chi connectivity index (χ3n) is 1.19. The smallest absolute Gasteiger partial charge is 0.172 e. The zero-order valence-corrected chi connectivity index (χ0v) is 8.90. The minimum absolute atomic E-state index is 0.0836. The predicted octanol–water partition coefficient (Wildman–Crippen LogP) is 1.28. The zero-order valence-electron chi connectivity index (χ0n) is 8.09. The fraction of sp³-hybridized carbons (Fsp3) is 0.750. The van der Waals surface area contributed by atoms with Crippen LogP contribution in [0.1, 0.15) is 27.7 Å². The molecule has 0 fully saturated rings. The highest BCUT2D eigenvalue weighted by Gasteiger charge is 2.06. The van der Waals surface area contributed by atoms with E-state index in [4.69, 9.17) is 0 Å². The molecule has 0 bridgehead atoms. The van der Waals surface area contributed by atoms with E-state index in [-0.39, 0.29) is 11.3 Å². The normalized spacial score (nSPS) is 13.7. The summed E-state index contributed by atoms with van der Waals surface area (Å²) >= 11 is 0. The highest BCUT2D eigenvalue weighted by Crippen LogP contribution is 1.98. The van der Waals surface area contributed by atoms with E-state index in [1.54, 1.807) is 6.92 Å². The van der Waals surface area contributed by atoms with Crippen molar-refractivity contribution in [1.29, 1.82) is 0 Å². The van der Waals surface area contributed by atoms with Crippen LogP contribution in [0.25, 0.3) is 0 Å². The van der Waals surface area contributed by atoms with Gasteiger partial charge in [-0.15, -0.1) is 0 Å². The van der Waals surface area contributed by atoms with Crippen LogP contribution in [-0.2, 0) is 9.84 Å². The van der Waals surface area contributed by atoms with Gasteiger partial charge >= 0.3 is 0 Å². The fourth-order valence-corrected chi connectivity index (χ4v) is 0.952. The first-order valence-corrected chi connectivity index (χ1v) is 5.65. The highest BCUT2D eigenvalue weighted by atomic mass is 32.2. The lowest BCUT2D eigenvalue weighted by Gasteiger charge is -2.18. The molecule has 0 aliphatic rings. The van der Waals surface area contributed by atoms with Gasteiger partial charge in [0.05, 0.1) is 5.75 Å². The van der Waals surface area contributed by atoms with Crippen molar-refractivity contribution in [2.24, 2.45) is 0 Å². The van der Waals surface area contributed by atoms with Crippen molar-refractivity contribution in [2.45, 2.75) is 33.2 Å². The quantitative estimate of drug-likeness (QED) is 0.731. The monoisotopic (exact) mass is 191 g/mol. The summed E-state index contributed by atoms with van der Waals surface area (Å²) in [6.45, 7) is 7.53. The van der Waals surface area contributed by atoms with Crippen LogP contribution in [0, 0.1) is 0 Å². The summed E-state index contributed by atoms with van der Waals surface area (Å²) in [5, 5.41) is 4.16. The summed E-state index contributed by atoms with van der Waals surface area (Å²) in [7, 11) is -2.98. The Bertz CT molecular complexity index is 247. The lowest BCUT2D eigenvalue weighted by Crippen LogP contribution is -2.31. The van der Waals surface area contributed by atoms with E-state index in [2.05, 4.69) is 5.32 Å². The molecule has 12 heavy (non-hydrogen) atoms. The minimum atomic E-state index is -2.98. The van der Waals surface area contributed by atoms with Crippen molar-refractivity contribution < 1.29 is 8.42 Å². The highest BCUT2D eigenvalue weighted by molar-refractivity contribution is 7.94. The van der Waals surface area contributed by atoms with Gasteiger partial charge in [-0.25, -0.2) is 8.42 Å². The Kier molecular flexibility index (Phi) is 3.77. The Balaban J connectivity index is 4.11. The summed E-state index contributed by atoms with van der Waals surface area (Å²) in [6, 6.07) is 0. The van der Waals surface area contributed by atoms with Crippen LogP contribution in [0.4, 0.5) is 0 Å². The Morgan fingerprint density at radius 2 is 1.83 bits per heavy atom. The molecule has 0 saturated carbocycles. The number of hydrogen-bond donors (Lipinski definition) is 1. The number of sulfone groups is 1. The van der Waals surface area contributed by atoms with Gasteiger partial charge in [0.2, 0.25) is 0 Å². The van der Waals surface area contributed by atoms with E-state index in [1.165, 1.54) is 11.6 Å². The predicted molar refractivity (Wildman–Crippen MR) is 51.5 cm³/mol. The molecular formula is C8H17NO2S. The van der Waals surface area contributed by atoms with Crippen molar-refractivity contribution in [3.05, 3.63) is 11.6 Å². The zero-order chi connectivity index (χ0) is 9.83. The van der Waals surface area contributed by atoms with Gasteiger partial charge < -0.3 is 5.32 Å². The van der Waals surface area contributed by atoms with Crippen molar-refractivity contribution in [1.82, 2.24) is 5.32 Å². The Morgan fingerprint density at radius 3 is 2.17 bits per heavy atom. The molecule has 0 aliphatic carbocycles. The molecule has 4 heteroatoms. The van der Waals surface area contributed by atoms with Crippen LogP contribution < -0.4 is 5.32 Å². The van der Waals surface area contributed by atoms with Gasteiger partial charge in [-0.05, 0) is 20.8 Å². The topological polar surface area (TPSA) is 46.2 Å². The molecule has 0 heterocycles. The third kappa shape index (κ3) is 6.22. The van der Waals surface area contributed by atoms with Gasteiger partial charge in [-0.1, -0.05) is 6.92 Å². The van der Waals surface area contributed by atoms with Crippen molar-refractivity contribution in [3.63, 3.8) is 0 Å². The number of nitrogens with one attached hydrogen (secondary N) is 1. The van der Waals surface area contributed by atoms with Crippen LogP contribution in [0.3, 0.4) is 0 Å². The maximum absolute atomic E-state index is 11.0. The summed E-state index contributed by atoms with van der Waals surface area (Å²) in [6.07, 6.45) is 1.48. The molecule has 0 radical (unpaired) electrons. The van der Waals surface area contributed by atoms with Crippen LogP contribution in [0.5, 0.6) is 0 Å². The second-order valence-corrected chi connectivity index (χ2v) is 5.82. The van der Waals surface area contributed by atoms with E-state index < -0.39 is 9.84 Å². The molecule has 0 aromatic rings. The van der Waals surface area contributed by atoms with Gasteiger partial charge in [-0.2, -0.15) is 0 Å². The second kappa shape index (κ2) is 3.94. The standard InChI is InChI=1S/C8H17NO2S/c1-5-12(10,11)7-6-9-8(2,3)4/h6-7,9H,5H2,1-4H3/b7-6+. The molecular weight excluding hydrogens is 174 g/mol. The largest absolute Gasteiger partial charge is 0.386 e. The third-order valence-corrected chi connectivity index (χ3v) is 2.55. The van der Waals surface area contributed by atoms with E-state index in [1.807, 2.05) is 20.8 Å². The molecule has 0 aromatic carbocycles.